The monoisotopic (exact) mass is 319 g/mol. The number of methoxy groups -OCH3 is 1. The van der Waals surface area contributed by atoms with Crippen molar-refractivity contribution in [3.63, 3.8) is 0 Å². The van der Waals surface area contributed by atoms with Crippen molar-refractivity contribution in [1.82, 2.24) is 15.0 Å². The molecule has 23 heavy (non-hydrogen) atoms. The van der Waals surface area contributed by atoms with Crippen molar-refractivity contribution >= 4 is 5.91 Å². The van der Waals surface area contributed by atoms with E-state index in [0.717, 1.165) is 11.3 Å². The summed E-state index contributed by atoms with van der Waals surface area (Å²) < 4.78 is 16.3. The van der Waals surface area contributed by atoms with Crippen molar-refractivity contribution in [2.45, 2.75) is 46.3 Å². The van der Waals surface area contributed by atoms with Crippen molar-refractivity contribution in [3.05, 3.63) is 34.4 Å². The van der Waals surface area contributed by atoms with Gasteiger partial charge in [-0.1, -0.05) is 5.16 Å². The summed E-state index contributed by atoms with van der Waals surface area (Å²) in [5, 5.41) is 3.83. The maximum Gasteiger partial charge on any atom is 0.258 e. The summed E-state index contributed by atoms with van der Waals surface area (Å²) in [5.74, 6) is 2.31. The van der Waals surface area contributed by atoms with Gasteiger partial charge >= 0.3 is 0 Å². The topological polar surface area (TPSA) is 81.6 Å². The fraction of sp³-hybridized carbons (Fsp3) is 0.562. The Morgan fingerprint density at radius 3 is 2.52 bits per heavy atom. The molecule has 2 atom stereocenters. The van der Waals surface area contributed by atoms with Crippen LogP contribution in [0, 0.1) is 27.7 Å². The molecule has 7 heteroatoms. The first-order chi connectivity index (χ1) is 10.9. The van der Waals surface area contributed by atoms with Crippen LogP contribution in [0.25, 0.3) is 0 Å². The molecule has 1 amide bonds. The highest BCUT2D eigenvalue weighted by Crippen LogP contribution is 2.35. The summed E-state index contributed by atoms with van der Waals surface area (Å²) in [5.41, 5.74) is 1.48. The molecule has 2 aromatic heterocycles. The third-order valence-electron chi connectivity index (χ3n) is 4.46. The van der Waals surface area contributed by atoms with Crippen LogP contribution in [0.2, 0.25) is 0 Å². The Hall–Kier alpha value is -2.15. The molecule has 7 nitrogen and oxygen atoms in total. The molecule has 0 spiro atoms. The van der Waals surface area contributed by atoms with Crippen LogP contribution in [0.3, 0.4) is 0 Å². The highest BCUT2D eigenvalue weighted by atomic mass is 16.5. The Morgan fingerprint density at radius 2 is 2.00 bits per heavy atom. The summed E-state index contributed by atoms with van der Waals surface area (Å²) in [6.45, 7) is 7.82. The number of nitrogens with zero attached hydrogens (tertiary/aromatic N) is 3. The fourth-order valence-electron chi connectivity index (χ4n) is 3.13. The number of hydrogen-bond acceptors (Lipinski definition) is 6. The third-order valence-corrected chi connectivity index (χ3v) is 4.46. The summed E-state index contributed by atoms with van der Waals surface area (Å²) in [4.78, 5) is 19.1. The predicted octanol–water partition coefficient (Wildman–Crippen LogP) is 2.50. The molecule has 0 aromatic carbocycles. The molecule has 0 aliphatic carbocycles. The molecule has 0 N–H and O–H groups in total. The maximum atomic E-state index is 13.1. The van der Waals surface area contributed by atoms with Crippen molar-refractivity contribution in [2.24, 2.45) is 0 Å². The van der Waals surface area contributed by atoms with E-state index in [9.17, 15) is 4.79 Å². The van der Waals surface area contributed by atoms with Crippen LogP contribution < -0.4 is 0 Å². The fourth-order valence-corrected chi connectivity index (χ4v) is 3.13. The van der Waals surface area contributed by atoms with Gasteiger partial charge in [-0.05, 0) is 27.7 Å². The average Bonchev–Trinajstić information content (AvgIpc) is 3.17. The Bertz CT molecular complexity index is 734. The molecule has 0 unspecified atom stereocenters. The quantitative estimate of drug-likeness (QED) is 0.864. The molecule has 0 radical (unpaired) electrons. The standard InChI is InChI=1S/C16H21N3O4/c1-8-9(2)22-10(3)14(8)16(20)19-7-12(21-5)6-13(19)15-17-11(4)18-23-15/h12-13H,6-7H2,1-5H3/t12-,13+/m0/s1. The molecule has 2 aromatic rings. The van der Waals surface area contributed by atoms with E-state index < -0.39 is 0 Å². The number of carbonyl (C=O) groups is 1. The van der Waals surface area contributed by atoms with E-state index >= 15 is 0 Å². The van der Waals surface area contributed by atoms with E-state index in [2.05, 4.69) is 10.1 Å². The number of likely N-dealkylation sites (tertiary alicyclic amines) is 1. The number of aromatic nitrogens is 2. The van der Waals surface area contributed by atoms with Crippen molar-refractivity contribution in [2.75, 3.05) is 13.7 Å². The molecular formula is C16H21N3O4. The molecule has 0 bridgehead atoms. The molecule has 1 saturated heterocycles. The number of carbonyl (C=O) groups excluding carboxylic acids is 1. The predicted molar refractivity (Wildman–Crippen MR) is 81.1 cm³/mol. The number of amides is 1. The van der Waals surface area contributed by atoms with Gasteiger partial charge in [-0.2, -0.15) is 4.98 Å². The summed E-state index contributed by atoms with van der Waals surface area (Å²) in [6.07, 6.45) is 0.587. The molecule has 124 valence electrons. The Morgan fingerprint density at radius 1 is 1.26 bits per heavy atom. The van der Waals surface area contributed by atoms with E-state index in [1.54, 1.807) is 18.9 Å². The van der Waals surface area contributed by atoms with E-state index in [0.29, 0.717) is 36.0 Å². The second-order valence-corrected chi connectivity index (χ2v) is 5.96. The molecule has 0 saturated carbocycles. The van der Waals surface area contributed by atoms with Gasteiger partial charge in [-0.3, -0.25) is 4.79 Å². The lowest BCUT2D eigenvalue weighted by Crippen LogP contribution is -2.32. The molecule has 3 heterocycles. The Kier molecular flexibility index (Phi) is 3.97. The first-order valence-electron chi connectivity index (χ1n) is 7.63. The average molecular weight is 319 g/mol. The molecule has 3 rings (SSSR count). The molecule has 1 aliphatic rings. The maximum absolute atomic E-state index is 13.1. The lowest BCUT2D eigenvalue weighted by Gasteiger charge is -2.21. The highest BCUT2D eigenvalue weighted by Gasteiger charge is 2.41. The number of ether oxygens (including phenoxy) is 1. The molecule has 1 fully saturated rings. The number of furan rings is 1. The van der Waals surface area contributed by atoms with Gasteiger partial charge in [0.15, 0.2) is 5.82 Å². The van der Waals surface area contributed by atoms with Gasteiger partial charge in [0.1, 0.15) is 17.6 Å². The zero-order chi connectivity index (χ0) is 16.7. The summed E-state index contributed by atoms with van der Waals surface area (Å²) in [7, 11) is 1.65. The van der Waals surface area contributed by atoms with E-state index in [1.165, 1.54) is 0 Å². The van der Waals surface area contributed by atoms with Crippen LogP contribution in [0.4, 0.5) is 0 Å². The van der Waals surface area contributed by atoms with Gasteiger partial charge in [0.2, 0.25) is 5.89 Å². The zero-order valence-electron chi connectivity index (χ0n) is 14.0. The lowest BCUT2D eigenvalue weighted by atomic mass is 10.1. The second-order valence-electron chi connectivity index (χ2n) is 5.96. The minimum Gasteiger partial charge on any atom is -0.466 e. The smallest absolute Gasteiger partial charge is 0.258 e. The largest absolute Gasteiger partial charge is 0.466 e. The van der Waals surface area contributed by atoms with E-state index in [-0.39, 0.29) is 18.1 Å². The van der Waals surface area contributed by atoms with Gasteiger partial charge < -0.3 is 18.6 Å². The van der Waals surface area contributed by atoms with Crippen LogP contribution in [-0.2, 0) is 4.74 Å². The zero-order valence-corrected chi connectivity index (χ0v) is 14.0. The van der Waals surface area contributed by atoms with E-state index in [1.807, 2.05) is 20.8 Å². The van der Waals surface area contributed by atoms with Gasteiger partial charge in [0.25, 0.3) is 5.91 Å². The van der Waals surface area contributed by atoms with Crippen LogP contribution >= 0.6 is 0 Å². The first-order valence-corrected chi connectivity index (χ1v) is 7.63. The van der Waals surface area contributed by atoms with Crippen molar-refractivity contribution in [3.8, 4) is 0 Å². The molecular weight excluding hydrogens is 298 g/mol. The Balaban J connectivity index is 1.96. The molecule has 1 aliphatic heterocycles. The van der Waals surface area contributed by atoms with E-state index in [4.69, 9.17) is 13.7 Å². The second kappa shape index (κ2) is 5.81. The van der Waals surface area contributed by atoms with Crippen LogP contribution in [0.1, 0.15) is 51.6 Å². The number of aryl methyl sites for hydroxylation is 3. The SMILES string of the molecule is CO[C@H]1C[C@H](c2nc(C)no2)N(C(=O)c2c(C)oc(C)c2C)C1. The van der Waals surface area contributed by atoms with Gasteiger partial charge in [-0.25, -0.2) is 0 Å². The van der Waals surface area contributed by atoms with Gasteiger partial charge in [0, 0.05) is 25.6 Å². The van der Waals surface area contributed by atoms with Crippen molar-refractivity contribution in [1.29, 1.82) is 0 Å². The first kappa shape index (κ1) is 15.7. The van der Waals surface area contributed by atoms with Crippen molar-refractivity contribution < 1.29 is 18.5 Å². The van der Waals surface area contributed by atoms with Gasteiger partial charge in [-0.15, -0.1) is 0 Å². The third kappa shape index (κ3) is 2.65. The lowest BCUT2D eigenvalue weighted by molar-refractivity contribution is 0.0668. The van der Waals surface area contributed by atoms with Crippen LogP contribution in [-0.4, -0.2) is 40.7 Å². The van der Waals surface area contributed by atoms with Crippen LogP contribution in [0.5, 0.6) is 0 Å². The number of rotatable bonds is 3. The highest BCUT2D eigenvalue weighted by molar-refractivity contribution is 5.97. The van der Waals surface area contributed by atoms with Crippen LogP contribution in [0.15, 0.2) is 8.94 Å². The normalized spacial score (nSPS) is 21.2. The number of hydrogen-bond donors (Lipinski definition) is 0. The minimum atomic E-state index is -0.275. The minimum absolute atomic E-state index is 0.0511. The summed E-state index contributed by atoms with van der Waals surface area (Å²) >= 11 is 0. The van der Waals surface area contributed by atoms with Gasteiger partial charge in [0.05, 0.1) is 11.7 Å². The Labute approximate surface area is 134 Å². The summed E-state index contributed by atoms with van der Waals surface area (Å²) in [6, 6.07) is -0.275.